The molecule has 1 aliphatic heterocycles. The number of hydrogen-bond acceptors (Lipinski definition) is 4. The Labute approximate surface area is 144 Å². The topological polar surface area (TPSA) is 75.7 Å². The smallest absolute Gasteiger partial charge is 0.228 e. The molecule has 6 nitrogen and oxygen atoms in total. The van der Waals surface area contributed by atoms with Crippen LogP contribution in [-0.2, 0) is 14.8 Å². The number of hydrogen-bond donors (Lipinski definition) is 1. The van der Waals surface area contributed by atoms with E-state index < -0.39 is 10.0 Å². The first-order valence-corrected chi connectivity index (χ1v) is 10.00. The number of nitrogens with one attached hydrogen (secondary N) is 1. The molecular weight excluding hydrogens is 328 g/mol. The molecular formula is C17H26N2O4S. The van der Waals surface area contributed by atoms with Crippen molar-refractivity contribution in [3.63, 3.8) is 0 Å². The molecule has 0 aromatic heterocycles. The van der Waals surface area contributed by atoms with Gasteiger partial charge in [-0.1, -0.05) is 13.3 Å². The third kappa shape index (κ3) is 4.95. The second-order valence-electron chi connectivity index (χ2n) is 6.08. The van der Waals surface area contributed by atoms with Gasteiger partial charge in [0, 0.05) is 18.8 Å². The van der Waals surface area contributed by atoms with Crippen LogP contribution in [-0.4, -0.2) is 44.6 Å². The predicted octanol–water partition coefficient (Wildman–Crippen LogP) is 2.48. The summed E-state index contributed by atoms with van der Waals surface area (Å²) in [6.45, 7) is 2.75. The molecule has 1 fully saturated rings. The van der Waals surface area contributed by atoms with Crippen LogP contribution in [0.25, 0.3) is 0 Å². The molecule has 7 heteroatoms. The maximum absolute atomic E-state index is 12.4. The molecule has 1 amide bonds. The van der Waals surface area contributed by atoms with Gasteiger partial charge < -0.3 is 10.1 Å². The number of nitrogens with zero attached hydrogens (tertiary/aromatic N) is 1. The van der Waals surface area contributed by atoms with Crippen molar-refractivity contribution < 1.29 is 17.9 Å². The minimum Gasteiger partial charge on any atom is -0.497 e. The summed E-state index contributed by atoms with van der Waals surface area (Å²) in [7, 11) is -1.67. The van der Waals surface area contributed by atoms with Crippen LogP contribution in [0.1, 0.15) is 32.6 Å². The zero-order valence-electron chi connectivity index (χ0n) is 14.3. The van der Waals surface area contributed by atoms with Crippen molar-refractivity contribution in [1.82, 2.24) is 4.31 Å². The van der Waals surface area contributed by atoms with E-state index in [0.29, 0.717) is 31.5 Å². The zero-order chi connectivity index (χ0) is 17.6. The molecule has 1 atom stereocenters. The molecule has 1 aromatic rings. The summed E-state index contributed by atoms with van der Waals surface area (Å²) in [5, 5.41) is 2.86. The lowest BCUT2D eigenvalue weighted by Gasteiger charge is -2.31. The summed E-state index contributed by atoms with van der Waals surface area (Å²) in [5.74, 6) is 0.447. The molecule has 1 aliphatic rings. The minimum atomic E-state index is -3.26. The first kappa shape index (κ1) is 18.7. The number of piperidine rings is 1. The van der Waals surface area contributed by atoms with Crippen molar-refractivity contribution in [1.29, 1.82) is 0 Å². The molecule has 0 radical (unpaired) electrons. The first-order valence-electron chi connectivity index (χ1n) is 8.39. The standard InChI is InChI=1S/C17H26N2O4S/c1-3-4-12-24(21,22)19-11-5-6-14(13-19)17(20)18-15-7-9-16(23-2)10-8-15/h7-10,14H,3-6,11-13H2,1-2H3,(H,18,20)/t14-/m1/s1. The fourth-order valence-electron chi connectivity index (χ4n) is 2.78. The molecule has 0 saturated carbocycles. The van der Waals surface area contributed by atoms with Crippen LogP contribution in [0.15, 0.2) is 24.3 Å². The predicted molar refractivity (Wildman–Crippen MR) is 94.6 cm³/mol. The highest BCUT2D eigenvalue weighted by Crippen LogP contribution is 2.22. The Morgan fingerprint density at radius 2 is 2.04 bits per heavy atom. The molecule has 24 heavy (non-hydrogen) atoms. The largest absolute Gasteiger partial charge is 0.497 e. The number of methoxy groups -OCH3 is 1. The Bertz CT molecular complexity index is 643. The summed E-state index contributed by atoms with van der Waals surface area (Å²) in [6.07, 6.45) is 2.92. The lowest BCUT2D eigenvalue weighted by Crippen LogP contribution is -2.44. The third-order valence-corrected chi connectivity index (χ3v) is 6.18. The van der Waals surface area contributed by atoms with Gasteiger partial charge in [0.05, 0.1) is 18.8 Å². The van der Waals surface area contributed by atoms with Crippen LogP contribution in [0.3, 0.4) is 0 Å². The lowest BCUT2D eigenvalue weighted by atomic mass is 9.99. The molecule has 0 spiro atoms. The molecule has 2 rings (SSSR count). The van der Waals surface area contributed by atoms with E-state index in [4.69, 9.17) is 4.74 Å². The number of unbranched alkanes of at least 4 members (excludes halogenated alkanes) is 1. The monoisotopic (exact) mass is 354 g/mol. The fourth-order valence-corrected chi connectivity index (χ4v) is 4.51. The van der Waals surface area contributed by atoms with Gasteiger partial charge in [-0.15, -0.1) is 0 Å². The van der Waals surface area contributed by atoms with Crippen molar-refractivity contribution in [3.8, 4) is 5.75 Å². The van der Waals surface area contributed by atoms with E-state index in [2.05, 4.69) is 5.32 Å². The maximum atomic E-state index is 12.4. The highest BCUT2D eigenvalue weighted by molar-refractivity contribution is 7.89. The van der Waals surface area contributed by atoms with Gasteiger partial charge in [-0.25, -0.2) is 12.7 Å². The van der Waals surface area contributed by atoms with Gasteiger partial charge in [0.25, 0.3) is 0 Å². The van der Waals surface area contributed by atoms with Crippen LogP contribution >= 0.6 is 0 Å². The zero-order valence-corrected chi connectivity index (χ0v) is 15.1. The summed E-state index contributed by atoms with van der Waals surface area (Å²) in [4.78, 5) is 12.4. The number of carbonyl (C=O) groups is 1. The molecule has 1 N–H and O–H groups in total. The number of sulfonamides is 1. The van der Waals surface area contributed by atoms with Gasteiger partial charge in [0.15, 0.2) is 0 Å². The molecule has 1 saturated heterocycles. The Hall–Kier alpha value is -1.60. The molecule has 1 aromatic carbocycles. The van der Waals surface area contributed by atoms with Gasteiger partial charge >= 0.3 is 0 Å². The van der Waals surface area contributed by atoms with Gasteiger partial charge in [0.1, 0.15) is 5.75 Å². The van der Waals surface area contributed by atoms with Crippen molar-refractivity contribution in [2.24, 2.45) is 5.92 Å². The molecule has 0 bridgehead atoms. The Morgan fingerprint density at radius 1 is 1.33 bits per heavy atom. The fraction of sp³-hybridized carbons (Fsp3) is 0.588. The normalized spacial score (nSPS) is 19.0. The highest BCUT2D eigenvalue weighted by atomic mass is 32.2. The number of ether oxygens (including phenoxy) is 1. The van der Waals surface area contributed by atoms with Crippen LogP contribution in [0.5, 0.6) is 5.75 Å². The number of anilines is 1. The SMILES string of the molecule is CCCCS(=O)(=O)N1CCC[C@@H](C(=O)Nc2ccc(OC)cc2)C1. The molecule has 1 heterocycles. The average Bonchev–Trinajstić information content (AvgIpc) is 2.61. The molecule has 0 unspecified atom stereocenters. The number of amides is 1. The van der Waals surface area contributed by atoms with E-state index in [1.165, 1.54) is 4.31 Å². The van der Waals surface area contributed by atoms with Crippen molar-refractivity contribution in [3.05, 3.63) is 24.3 Å². The maximum Gasteiger partial charge on any atom is 0.228 e. The van der Waals surface area contributed by atoms with E-state index in [-0.39, 0.29) is 24.1 Å². The number of rotatable bonds is 7. The molecule has 134 valence electrons. The van der Waals surface area contributed by atoms with Gasteiger partial charge in [-0.3, -0.25) is 4.79 Å². The van der Waals surface area contributed by atoms with Gasteiger partial charge in [0.2, 0.25) is 15.9 Å². The third-order valence-electron chi connectivity index (χ3n) is 4.26. The summed E-state index contributed by atoms with van der Waals surface area (Å²) >= 11 is 0. The Kier molecular flexibility index (Phi) is 6.62. The van der Waals surface area contributed by atoms with Gasteiger partial charge in [-0.2, -0.15) is 0 Å². The van der Waals surface area contributed by atoms with Crippen LogP contribution < -0.4 is 10.1 Å². The van der Waals surface area contributed by atoms with Crippen molar-refractivity contribution in [2.75, 3.05) is 31.3 Å². The highest BCUT2D eigenvalue weighted by Gasteiger charge is 2.31. The van der Waals surface area contributed by atoms with E-state index in [1.54, 1.807) is 31.4 Å². The quantitative estimate of drug-likeness (QED) is 0.816. The summed E-state index contributed by atoms with van der Waals surface area (Å²) in [5.41, 5.74) is 0.687. The van der Waals surface area contributed by atoms with Crippen molar-refractivity contribution >= 4 is 21.6 Å². The van der Waals surface area contributed by atoms with E-state index in [1.807, 2.05) is 6.92 Å². The van der Waals surface area contributed by atoms with Crippen LogP contribution in [0, 0.1) is 5.92 Å². The first-order chi connectivity index (χ1) is 11.5. The lowest BCUT2D eigenvalue weighted by molar-refractivity contribution is -0.120. The Balaban J connectivity index is 1.96. The Morgan fingerprint density at radius 3 is 2.67 bits per heavy atom. The average molecular weight is 354 g/mol. The number of benzene rings is 1. The van der Waals surface area contributed by atoms with Gasteiger partial charge in [-0.05, 0) is 43.5 Å². The second kappa shape index (κ2) is 8.48. The van der Waals surface area contributed by atoms with E-state index >= 15 is 0 Å². The molecule has 0 aliphatic carbocycles. The van der Waals surface area contributed by atoms with Crippen LogP contribution in [0.4, 0.5) is 5.69 Å². The minimum absolute atomic E-state index is 0.129. The summed E-state index contributed by atoms with van der Waals surface area (Å²) < 4.78 is 31.2. The second-order valence-corrected chi connectivity index (χ2v) is 8.17. The summed E-state index contributed by atoms with van der Waals surface area (Å²) in [6, 6.07) is 7.10. The van der Waals surface area contributed by atoms with E-state index in [0.717, 1.165) is 12.2 Å². The number of carbonyl (C=O) groups excluding carboxylic acids is 1. The van der Waals surface area contributed by atoms with Crippen molar-refractivity contribution in [2.45, 2.75) is 32.6 Å². The van der Waals surface area contributed by atoms with E-state index in [9.17, 15) is 13.2 Å². The van der Waals surface area contributed by atoms with Crippen LogP contribution in [0.2, 0.25) is 0 Å².